The number of nitrogens with zero attached hydrogens (tertiary/aromatic N) is 1. The van der Waals surface area contributed by atoms with Crippen LogP contribution in [0.25, 0.3) is 0 Å². The zero-order chi connectivity index (χ0) is 17.6. The molecule has 0 aromatic heterocycles. The molecule has 7 nitrogen and oxygen atoms in total. The van der Waals surface area contributed by atoms with Gasteiger partial charge in [0.1, 0.15) is 6.04 Å². The molecule has 1 heterocycles. The van der Waals surface area contributed by atoms with Gasteiger partial charge in [0.05, 0.1) is 18.2 Å². The van der Waals surface area contributed by atoms with E-state index in [1.54, 1.807) is 12.1 Å². The molecule has 7 heteroatoms. The molecule has 0 saturated heterocycles. The number of amides is 3. The third kappa shape index (κ3) is 3.74. The molecule has 0 saturated carbocycles. The molecule has 1 atom stereocenters. The molecule has 1 aliphatic rings. The van der Waals surface area contributed by atoms with Gasteiger partial charge in [-0.15, -0.1) is 0 Å². The predicted molar refractivity (Wildman–Crippen MR) is 82.5 cm³/mol. The minimum Gasteiger partial charge on any atom is -0.469 e. The van der Waals surface area contributed by atoms with Crippen molar-refractivity contribution in [2.75, 3.05) is 7.11 Å². The number of methoxy groups -OCH3 is 1. The standard InChI is InChI=1S/C14H14N2O5.C2H6/c1-21-11(17)7-6-10(12(15)18)16-13(19)8-4-2-3-5-9(8)14(16)20;1-2/h2-5,10H,6-7H2,1H3,(H2,15,18);1-2H3. The average Bonchev–Trinajstić information content (AvgIpc) is 2.82. The van der Waals surface area contributed by atoms with Gasteiger partial charge >= 0.3 is 5.97 Å². The largest absolute Gasteiger partial charge is 0.469 e. The molecular formula is C16H20N2O5. The van der Waals surface area contributed by atoms with Crippen LogP contribution in [0.1, 0.15) is 47.4 Å². The van der Waals surface area contributed by atoms with E-state index in [1.807, 2.05) is 13.8 Å². The van der Waals surface area contributed by atoms with Crippen LogP contribution in [0.2, 0.25) is 0 Å². The first-order valence-corrected chi connectivity index (χ1v) is 7.30. The fourth-order valence-corrected chi connectivity index (χ4v) is 2.25. The Kier molecular flexibility index (Phi) is 6.44. The van der Waals surface area contributed by atoms with E-state index in [1.165, 1.54) is 19.2 Å². The Bertz CT molecular complexity index is 592. The van der Waals surface area contributed by atoms with Crippen LogP contribution < -0.4 is 5.73 Å². The molecule has 0 fully saturated rings. The van der Waals surface area contributed by atoms with Crippen LogP contribution in [-0.2, 0) is 14.3 Å². The van der Waals surface area contributed by atoms with E-state index in [2.05, 4.69) is 4.74 Å². The minimum atomic E-state index is -1.17. The molecular weight excluding hydrogens is 300 g/mol. The first kappa shape index (κ1) is 18.3. The summed E-state index contributed by atoms with van der Waals surface area (Å²) in [5, 5.41) is 0. The molecule has 0 spiro atoms. The number of esters is 1. The van der Waals surface area contributed by atoms with Gasteiger partial charge in [-0.1, -0.05) is 26.0 Å². The van der Waals surface area contributed by atoms with Crippen molar-refractivity contribution in [1.29, 1.82) is 0 Å². The molecule has 2 rings (SSSR count). The lowest BCUT2D eigenvalue weighted by atomic mass is 10.1. The van der Waals surface area contributed by atoms with Crippen LogP contribution >= 0.6 is 0 Å². The Labute approximate surface area is 134 Å². The Morgan fingerprint density at radius 2 is 1.61 bits per heavy atom. The van der Waals surface area contributed by atoms with Crippen molar-refractivity contribution in [1.82, 2.24) is 4.90 Å². The van der Waals surface area contributed by atoms with Crippen LogP contribution in [0.3, 0.4) is 0 Å². The highest BCUT2D eigenvalue weighted by atomic mass is 16.5. The third-order valence-corrected chi connectivity index (χ3v) is 3.32. The maximum absolute atomic E-state index is 12.2. The molecule has 0 aliphatic carbocycles. The Balaban J connectivity index is 0.00000127. The number of hydrogen-bond acceptors (Lipinski definition) is 5. The van der Waals surface area contributed by atoms with Crippen molar-refractivity contribution >= 4 is 23.7 Å². The van der Waals surface area contributed by atoms with Crippen molar-refractivity contribution in [3.05, 3.63) is 35.4 Å². The maximum Gasteiger partial charge on any atom is 0.305 e. The third-order valence-electron chi connectivity index (χ3n) is 3.32. The van der Waals surface area contributed by atoms with Gasteiger partial charge in [0.25, 0.3) is 11.8 Å². The summed E-state index contributed by atoms with van der Waals surface area (Å²) in [6, 6.07) is 5.10. The number of carbonyl (C=O) groups is 4. The lowest BCUT2D eigenvalue weighted by Gasteiger charge is -2.22. The van der Waals surface area contributed by atoms with Gasteiger partial charge in [0.15, 0.2) is 0 Å². The van der Waals surface area contributed by atoms with Crippen molar-refractivity contribution < 1.29 is 23.9 Å². The Hall–Kier alpha value is -2.70. The van der Waals surface area contributed by atoms with Crippen LogP contribution in [0.5, 0.6) is 0 Å². The topological polar surface area (TPSA) is 107 Å². The Morgan fingerprint density at radius 3 is 2.00 bits per heavy atom. The summed E-state index contributed by atoms with van der Waals surface area (Å²) in [6.45, 7) is 4.00. The van der Waals surface area contributed by atoms with Crippen LogP contribution in [0.4, 0.5) is 0 Å². The zero-order valence-electron chi connectivity index (χ0n) is 13.4. The summed E-state index contributed by atoms with van der Waals surface area (Å²) in [7, 11) is 1.21. The number of hydrogen-bond donors (Lipinski definition) is 1. The quantitative estimate of drug-likeness (QED) is 0.646. The fraction of sp³-hybridized carbons (Fsp3) is 0.375. The molecule has 1 aromatic rings. The highest BCUT2D eigenvalue weighted by Crippen LogP contribution is 2.25. The van der Waals surface area contributed by atoms with Crippen molar-refractivity contribution in [2.45, 2.75) is 32.7 Å². The first-order chi connectivity index (χ1) is 11.0. The number of rotatable bonds is 5. The number of carbonyl (C=O) groups excluding carboxylic acids is 4. The first-order valence-electron chi connectivity index (χ1n) is 7.30. The van der Waals surface area contributed by atoms with Crippen molar-refractivity contribution in [3.63, 3.8) is 0 Å². The summed E-state index contributed by atoms with van der Waals surface area (Å²) in [5.41, 5.74) is 5.72. The number of primary amides is 1. The second-order valence-corrected chi connectivity index (χ2v) is 4.56. The highest BCUT2D eigenvalue weighted by molar-refractivity contribution is 6.22. The van der Waals surface area contributed by atoms with Crippen LogP contribution in [0.15, 0.2) is 24.3 Å². The number of imide groups is 1. The molecule has 1 aromatic carbocycles. The van der Waals surface area contributed by atoms with Gasteiger partial charge in [-0.2, -0.15) is 0 Å². The predicted octanol–water partition coefficient (Wildman–Crippen LogP) is 1.12. The SMILES string of the molecule is CC.COC(=O)CCC(C(N)=O)N1C(=O)c2ccccc2C1=O. The molecule has 1 aliphatic heterocycles. The molecule has 3 amide bonds. The molecule has 0 radical (unpaired) electrons. The number of fused-ring (bicyclic) bond motifs is 1. The van der Waals surface area contributed by atoms with E-state index < -0.39 is 29.7 Å². The summed E-state index contributed by atoms with van der Waals surface area (Å²) in [4.78, 5) is 48.0. The van der Waals surface area contributed by atoms with E-state index in [0.717, 1.165) is 4.90 Å². The number of benzene rings is 1. The molecule has 124 valence electrons. The molecule has 1 unspecified atom stereocenters. The Morgan fingerprint density at radius 1 is 1.13 bits per heavy atom. The van der Waals surface area contributed by atoms with Gasteiger partial charge in [-0.05, 0) is 18.6 Å². The highest BCUT2D eigenvalue weighted by Gasteiger charge is 2.41. The van der Waals surface area contributed by atoms with Crippen LogP contribution in [-0.4, -0.2) is 41.7 Å². The summed E-state index contributed by atoms with van der Waals surface area (Å²) < 4.78 is 4.48. The molecule has 23 heavy (non-hydrogen) atoms. The average molecular weight is 320 g/mol. The lowest BCUT2D eigenvalue weighted by molar-refractivity contribution is -0.141. The van der Waals surface area contributed by atoms with E-state index in [9.17, 15) is 19.2 Å². The normalized spacial score (nSPS) is 13.8. The monoisotopic (exact) mass is 320 g/mol. The van der Waals surface area contributed by atoms with E-state index in [0.29, 0.717) is 0 Å². The fourth-order valence-electron chi connectivity index (χ4n) is 2.25. The number of nitrogens with two attached hydrogens (primary N) is 1. The second kappa shape index (κ2) is 8.07. The van der Waals surface area contributed by atoms with E-state index in [-0.39, 0.29) is 24.0 Å². The molecule has 0 bridgehead atoms. The van der Waals surface area contributed by atoms with E-state index in [4.69, 9.17) is 5.73 Å². The lowest BCUT2D eigenvalue weighted by Crippen LogP contribution is -2.48. The molecule has 2 N–H and O–H groups in total. The minimum absolute atomic E-state index is 0.0620. The van der Waals surface area contributed by atoms with Gasteiger partial charge in [-0.3, -0.25) is 24.1 Å². The summed E-state index contributed by atoms with van der Waals surface area (Å²) in [5.74, 6) is -2.54. The van der Waals surface area contributed by atoms with Crippen molar-refractivity contribution in [2.24, 2.45) is 5.73 Å². The van der Waals surface area contributed by atoms with Gasteiger partial charge in [0.2, 0.25) is 5.91 Å². The van der Waals surface area contributed by atoms with Crippen molar-refractivity contribution in [3.8, 4) is 0 Å². The second-order valence-electron chi connectivity index (χ2n) is 4.56. The van der Waals surface area contributed by atoms with Gasteiger partial charge < -0.3 is 10.5 Å². The summed E-state index contributed by atoms with van der Waals surface area (Å²) in [6.07, 6.45) is -0.176. The van der Waals surface area contributed by atoms with E-state index >= 15 is 0 Å². The van der Waals surface area contributed by atoms with Gasteiger partial charge in [0, 0.05) is 6.42 Å². The summed E-state index contributed by atoms with van der Waals surface area (Å²) >= 11 is 0. The number of ether oxygens (including phenoxy) is 1. The smallest absolute Gasteiger partial charge is 0.305 e. The van der Waals surface area contributed by atoms with Crippen LogP contribution in [0, 0.1) is 0 Å². The zero-order valence-corrected chi connectivity index (χ0v) is 13.4. The van der Waals surface area contributed by atoms with Gasteiger partial charge in [-0.25, -0.2) is 0 Å². The maximum atomic E-state index is 12.2.